The number of carbonyl (C=O) groups excluding carboxylic acids is 3. The molecule has 3 aromatic rings. The number of nitrogens with zero attached hydrogens (tertiary/aromatic N) is 1. The van der Waals surface area contributed by atoms with E-state index >= 15 is 0 Å². The molecule has 42 heavy (non-hydrogen) atoms. The maximum atomic E-state index is 13.9. The van der Waals surface area contributed by atoms with Gasteiger partial charge in [0, 0.05) is 27.3 Å². The van der Waals surface area contributed by atoms with Crippen molar-refractivity contribution in [1.29, 1.82) is 0 Å². The van der Waals surface area contributed by atoms with Gasteiger partial charge in [-0.2, -0.15) is 0 Å². The molecule has 10 heteroatoms. The van der Waals surface area contributed by atoms with Gasteiger partial charge in [-0.25, -0.2) is 0 Å². The first kappa shape index (κ1) is 31.5. The number of amides is 3. The zero-order chi connectivity index (χ0) is 30.4. The van der Waals surface area contributed by atoms with Gasteiger partial charge in [0.2, 0.25) is 5.91 Å². The number of nitrogens with one attached hydrogen (secondary N) is 2. The SMILES string of the molecule is CSc1ccccc1CNC(=O)C1N(C(=O)[C@@H](O)[C@H](Cc2ccccc2)NC(=O)c2cccc(O)c2C)CSC1(C)C. The topological polar surface area (TPSA) is 119 Å². The van der Waals surface area contributed by atoms with Crippen molar-refractivity contribution in [2.24, 2.45) is 0 Å². The molecule has 1 saturated heterocycles. The monoisotopic (exact) mass is 607 g/mol. The molecule has 4 N–H and O–H groups in total. The summed E-state index contributed by atoms with van der Waals surface area (Å²) in [7, 11) is 0. The minimum atomic E-state index is -1.62. The maximum Gasteiger partial charge on any atom is 0.254 e. The van der Waals surface area contributed by atoms with Gasteiger partial charge in [0.1, 0.15) is 11.8 Å². The van der Waals surface area contributed by atoms with Gasteiger partial charge in [0.25, 0.3) is 11.8 Å². The third-order valence-corrected chi connectivity index (χ3v) is 9.73. The highest BCUT2D eigenvalue weighted by molar-refractivity contribution is 8.00. The summed E-state index contributed by atoms with van der Waals surface area (Å²) in [6.45, 7) is 5.76. The molecule has 0 aromatic heterocycles. The standard InChI is InChI=1S/C32H37N3O5S2/c1-20-23(14-10-15-25(20)36)29(38)34-24(17-21-11-6-5-7-12-21)27(37)31(40)35-19-42-32(2,3)28(35)30(39)33-18-22-13-8-9-16-26(22)41-4/h5-16,24,27-28,36-37H,17-19H2,1-4H3,(H,33,39)(H,34,38)/t24-,27-,28?/m0/s1. The Bertz CT molecular complexity index is 1430. The summed E-state index contributed by atoms with van der Waals surface area (Å²) in [5.41, 5.74) is 2.44. The number of rotatable bonds is 10. The smallest absolute Gasteiger partial charge is 0.254 e. The van der Waals surface area contributed by atoms with Crippen LogP contribution in [0.5, 0.6) is 5.75 Å². The van der Waals surface area contributed by atoms with Crippen LogP contribution in [0.3, 0.4) is 0 Å². The summed E-state index contributed by atoms with van der Waals surface area (Å²) in [5, 5.41) is 27.4. The predicted molar refractivity (Wildman–Crippen MR) is 167 cm³/mol. The molecule has 4 rings (SSSR count). The maximum absolute atomic E-state index is 13.9. The van der Waals surface area contributed by atoms with Gasteiger partial charge < -0.3 is 25.7 Å². The molecule has 1 fully saturated rings. The largest absolute Gasteiger partial charge is 0.508 e. The van der Waals surface area contributed by atoms with Gasteiger partial charge in [-0.15, -0.1) is 23.5 Å². The Balaban J connectivity index is 1.56. The highest BCUT2D eigenvalue weighted by atomic mass is 32.2. The van der Waals surface area contributed by atoms with Gasteiger partial charge in [0.15, 0.2) is 6.10 Å². The molecule has 0 aliphatic carbocycles. The van der Waals surface area contributed by atoms with Crippen LogP contribution in [0.1, 0.15) is 40.9 Å². The summed E-state index contributed by atoms with van der Waals surface area (Å²) in [4.78, 5) is 43.2. The van der Waals surface area contributed by atoms with Crippen LogP contribution in [0, 0.1) is 6.92 Å². The van der Waals surface area contributed by atoms with E-state index in [9.17, 15) is 24.6 Å². The first-order valence-corrected chi connectivity index (χ1v) is 15.9. The van der Waals surface area contributed by atoms with E-state index in [2.05, 4.69) is 10.6 Å². The van der Waals surface area contributed by atoms with E-state index in [0.29, 0.717) is 12.1 Å². The van der Waals surface area contributed by atoms with Crippen molar-refractivity contribution in [3.05, 3.63) is 95.1 Å². The quantitative estimate of drug-likeness (QED) is 0.256. The lowest BCUT2D eigenvalue weighted by atomic mass is 9.96. The van der Waals surface area contributed by atoms with Crippen molar-refractivity contribution in [3.63, 3.8) is 0 Å². The molecule has 3 amide bonds. The molecular formula is C32H37N3O5S2. The molecule has 0 spiro atoms. The Morgan fingerprint density at radius 1 is 1.05 bits per heavy atom. The normalized spacial score (nSPS) is 17.4. The lowest BCUT2D eigenvalue weighted by molar-refractivity contribution is -0.147. The number of aliphatic hydroxyl groups is 1. The van der Waals surface area contributed by atoms with Gasteiger partial charge in [-0.05, 0) is 62.8 Å². The van der Waals surface area contributed by atoms with Crippen molar-refractivity contribution in [2.45, 2.75) is 61.6 Å². The third kappa shape index (κ3) is 7.11. The zero-order valence-corrected chi connectivity index (χ0v) is 25.8. The van der Waals surface area contributed by atoms with Crippen LogP contribution >= 0.6 is 23.5 Å². The van der Waals surface area contributed by atoms with E-state index in [0.717, 1.165) is 16.0 Å². The number of phenols is 1. The van der Waals surface area contributed by atoms with Crippen LogP contribution in [0.4, 0.5) is 0 Å². The molecule has 1 unspecified atom stereocenters. The molecule has 0 bridgehead atoms. The Morgan fingerprint density at radius 3 is 2.45 bits per heavy atom. The first-order chi connectivity index (χ1) is 20.0. The predicted octanol–water partition coefficient (Wildman–Crippen LogP) is 4.12. The number of benzene rings is 3. The molecule has 0 saturated carbocycles. The summed E-state index contributed by atoms with van der Waals surface area (Å²) in [5.74, 6) is -1.26. The Morgan fingerprint density at radius 2 is 1.74 bits per heavy atom. The number of aliphatic hydroxyl groups excluding tert-OH is 1. The van der Waals surface area contributed by atoms with Crippen molar-refractivity contribution in [2.75, 3.05) is 12.1 Å². The third-order valence-electron chi connectivity index (χ3n) is 7.52. The molecule has 222 valence electrons. The van der Waals surface area contributed by atoms with Crippen molar-refractivity contribution in [3.8, 4) is 5.75 Å². The van der Waals surface area contributed by atoms with E-state index in [-0.39, 0.29) is 29.5 Å². The van der Waals surface area contributed by atoms with E-state index in [4.69, 9.17) is 0 Å². The summed E-state index contributed by atoms with van der Waals surface area (Å²) < 4.78 is -0.602. The fraction of sp³-hybridized carbons (Fsp3) is 0.344. The zero-order valence-electron chi connectivity index (χ0n) is 24.2. The molecule has 3 aromatic carbocycles. The molecular weight excluding hydrogens is 571 g/mol. The fourth-order valence-corrected chi connectivity index (χ4v) is 6.87. The average molecular weight is 608 g/mol. The number of hydrogen-bond acceptors (Lipinski definition) is 7. The van der Waals surface area contributed by atoms with Gasteiger partial charge in [-0.1, -0.05) is 54.6 Å². The van der Waals surface area contributed by atoms with E-state index < -0.39 is 34.7 Å². The average Bonchev–Trinajstić information content (AvgIpc) is 3.31. The Labute approximate surface area is 255 Å². The van der Waals surface area contributed by atoms with Crippen LogP contribution < -0.4 is 10.6 Å². The van der Waals surface area contributed by atoms with Crippen molar-refractivity contribution < 1.29 is 24.6 Å². The highest BCUT2D eigenvalue weighted by Gasteiger charge is 2.49. The molecule has 0 radical (unpaired) electrons. The minimum Gasteiger partial charge on any atom is -0.508 e. The lowest BCUT2D eigenvalue weighted by Gasteiger charge is -2.33. The van der Waals surface area contributed by atoms with Crippen molar-refractivity contribution in [1.82, 2.24) is 15.5 Å². The van der Waals surface area contributed by atoms with E-state index in [1.165, 1.54) is 22.7 Å². The second-order valence-corrected chi connectivity index (χ2v) is 13.2. The summed E-state index contributed by atoms with van der Waals surface area (Å²) >= 11 is 3.06. The van der Waals surface area contributed by atoms with Crippen molar-refractivity contribution >= 4 is 41.2 Å². The van der Waals surface area contributed by atoms with E-state index in [1.54, 1.807) is 30.8 Å². The minimum absolute atomic E-state index is 0.0239. The molecule has 1 aliphatic rings. The Kier molecular flexibility index (Phi) is 10.2. The molecule has 1 aliphatic heterocycles. The number of carbonyl (C=O) groups is 3. The molecule has 3 atom stereocenters. The van der Waals surface area contributed by atoms with Crippen LogP contribution in [0.2, 0.25) is 0 Å². The van der Waals surface area contributed by atoms with Crippen LogP contribution in [-0.4, -0.2) is 67.9 Å². The molecule has 8 nitrogen and oxygen atoms in total. The van der Waals surface area contributed by atoms with E-state index in [1.807, 2.05) is 74.7 Å². The van der Waals surface area contributed by atoms with Crippen LogP contribution in [0.15, 0.2) is 77.7 Å². The highest BCUT2D eigenvalue weighted by Crippen LogP contribution is 2.40. The van der Waals surface area contributed by atoms with Gasteiger partial charge in [0.05, 0.1) is 11.9 Å². The fourth-order valence-electron chi connectivity index (χ4n) is 5.11. The lowest BCUT2D eigenvalue weighted by Crippen LogP contribution is -2.58. The second-order valence-electron chi connectivity index (χ2n) is 10.8. The first-order valence-electron chi connectivity index (χ1n) is 13.7. The van der Waals surface area contributed by atoms with Gasteiger partial charge >= 0.3 is 0 Å². The van der Waals surface area contributed by atoms with Gasteiger partial charge in [-0.3, -0.25) is 14.4 Å². The van der Waals surface area contributed by atoms with Crippen LogP contribution in [0.25, 0.3) is 0 Å². The Hall–Kier alpha value is -3.47. The summed E-state index contributed by atoms with van der Waals surface area (Å²) in [6.07, 6.45) is 0.546. The number of thioether (sulfide) groups is 2. The second kappa shape index (κ2) is 13.7. The van der Waals surface area contributed by atoms with Crippen LogP contribution in [-0.2, 0) is 22.6 Å². The molecule has 1 heterocycles. The number of hydrogen-bond donors (Lipinski definition) is 4. The number of phenolic OH excluding ortho intramolecular Hbond substituents is 1. The number of aromatic hydroxyl groups is 1. The summed E-state index contributed by atoms with van der Waals surface area (Å²) in [6, 6.07) is 19.9.